The van der Waals surface area contributed by atoms with Crippen molar-refractivity contribution >= 4 is 48.5 Å². The summed E-state index contributed by atoms with van der Waals surface area (Å²) in [5, 5.41) is 5.04. The number of aromatic nitrogens is 2. The molecule has 0 fully saturated rings. The van der Waals surface area contributed by atoms with Gasteiger partial charge in [-0.25, -0.2) is 0 Å². The number of rotatable bonds is 3. The van der Waals surface area contributed by atoms with E-state index in [9.17, 15) is 0 Å². The number of benzene rings is 5. The predicted octanol–water partition coefficient (Wildman–Crippen LogP) is 9.43. The Bertz CT molecular complexity index is 1880. The van der Waals surface area contributed by atoms with Gasteiger partial charge in [-0.2, -0.15) is 0 Å². The molecule has 0 unspecified atom stereocenters. The summed E-state index contributed by atoms with van der Waals surface area (Å²) in [6.45, 7) is 0. The molecule has 0 N–H and O–H groups in total. The van der Waals surface area contributed by atoms with E-state index in [1.165, 1.54) is 54.8 Å². The Hall–Kier alpha value is -4.21. The summed E-state index contributed by atoms with van der Waals surface area (Å²) in [6.07, 6.45) is 3.76. The maximum atomic E-state index is 4.40. The standard InChI is InChI=1S/C33H21BrN2/c34-27-14-10-22(11-15-27)24-6-3-7-25(19-24)26-13-16-31-30(20-26)33-29-9-2-1-5-23(29)12-17-32(33)36(31)28-8-4-18-35-21-28/h1-21H. The lowest BCUT2D eigenvalue weighted by Crippen LogP contribution is -1.94. The van der Waals surface area contributed by atoms with Crippen LogP contribution in [0.2, 0.25) is 0 Å². The van der Waals surface area contributed by atoms with Gasteiger partial charge in [0.15, 0.2) is 0 Å². The van der Waals surface area contributed by atoms with Gasteiger partial charge >= 0.3 is 0 Å². The molecule has 36 heavy (non-hydrogen) atoms. The minimum absolute atomic E-state index is 1.07. The summed E-state index contributed by atoms with van der Waals surface area (Å²) >= 11 is 3.54. The van der Waals surface area contributed by atoms with Crippen LogP contribution < -0.4 is 0 Å². The second-order valence-electron chi connectivity index (χ2n) is 9.05. The van der Waals surface area contributed by atoms with Crippen molar-refractivity contribution in [2.75, 3.05) is 0 Å². The van der Waals surface area contributed by atoms with Gasteiger partial charge in [-0.3, -0.25) is 4.98 Å². The molecule has 0 atom stereocenters. The molecule has 0 amide bonds. The van der Waals surface area contributed by atoms with Gasteiger partial charge in [0.25, 0.3) is 0 Å². The Kier molecular flexibility index (Phi) is 4.97. The fourth-order valence-corrected chi connectivity index (χ4v) is 5.52. The fraction of sp³-hybridized carbons (Fsp3) is 0. The molecular weight excluding hydrogens is 504 g/mol. The van der Waals surface area contributed by atoms with E-state index in [2.05, 4.69) is 135 Å². The van der Waals surface area contributed by atoms with Gasteiger partial charge in [0.05, 0.1) is 22.9 Å². The molecule has 2 heterocycles. The summed E-state index contributed by atoms with van der Waals surface area (Å²) in [7, 11) is 0. The van der Waals surface area contributed by atoms with Crippen molar-refractivity contribution in [3.05, 3.63) is 132 Å². The molecule has 0 aliphatic carbocycles. The fourth-order valence-electron chi connectivity index (χ4n) is 5.25. The van der Waals surface area contributed by atoms with Crippen LogP contribution in [0.25, 0.3) is 60.5 Å². The van der Waals surface area contributed by atoms with Gasteiger partial charge in [0.1, 0.15) is 0 Å². The Morgan fingerprint density at radius 2 is 1.31 bits per heavy atom. The molecule has 3 heteroatoms. The minimum atomic E-state index is 1.07. The van der Waals surface area contributed by atoms with E-state index in [4.69, 9.17) is 0 Å². The monoisotopic (exact) mass is 524 g/mol. The summed E-state index contributed by atoms with van der Waals surface area (Å²) in [5.74, 6) is 0. The lowest BCUT2D eigenvalue weighted by molar-refractivity contribution is 1.14. The zero-order valence-electron chi connectivity index (χ0n) is 19.4. The van der Waals surface area contributed by atoms with E-state index in [0.717, 1.165) is 10.2 Å². The van der Waals surface area contributed by atoms with E-state index >= 15 is 0 Å². The third-order valence-electron chi connectivity index (χ3n) is 6.93. The molecule has 2 nitrogen and oxygen atoms in total. The molecule has 7 aromatic rings. The molecule has 0 saturated carbocycles. The zero-order chi connectivity index (χ0) is 24.1. The molecule has 2 aromatic heterocycles. The predicted molar refractivity (Wildman–Crippen MR) is 155 cm³/mol. The van der Waals surface area contributed by atoms with Gasteiger partial charge in [-0.1, -0.05) is 82.7 Å². The first kappa shape index (κ1) is 21.1. The molecule has 0 radical (unpaired) electrons. The lowest BCUT2D eigenvalue weighted by Gasteiger charge is -2.09. The van der Waals surface area contributed by atoms with Crippen LogP contribution in [-0.4, -0.2) is 9.55 Å². The molecule has 7 rings (SSSR count). The zero-order valence-corrected chi connectivity index (χ0v) is 21.0. The smallest absolute Gasteiger partial charge is 0.0645 e. The molecule has 0 aliphatic heterocycles. The van der Waals surface area contributed by atoms with E-state index in [0.29, 0.717) is 0 Å². The average Bonchev–Trinajstić information content (AvgIpc) is 3.28. The highest BCUT2D eigenvalue weighted by molar-refractivity contribution is 9.10. The average molecular weight is 525 g/mol. The van der Waals surface area contributed by atoms with Crippen LogP contribution in [0.5, 0.6) is 0 Å². The van der Waals surface area contributed by atoms with Crippen LogP contribution in [0.4, 0.5) is 0 Å². The van der Waals surface area contributed by atoms with Crippen LogP contribution in [0.15, 0.2) is 132 Å². The number of pyridine rings is 1. The van der Waals surface area contributed by atoms with Crippen LogP contribution in [0.3, 0.4) is 0 Å². The molecule has 0 spiro atoms. The van der Waals surface area contributed by atoms with Crippen molar-refractivity contribution in [1.29, 1.82) is 0 Å². The second-order valence-corrected chi connectivity index (χ2v) is 9.96. The van der Waals surface area contributed by atoms with Crippen molar-refractivity contribution < 1.29 is 0 Å². The topological polar surface area (TPSA) is 17.8 Å². The molecule has 5 aromatic carbocycles. The number of hydrogen-bond donors (Lipinski definition) is 0. The number of nitrogens with zero attached hydrogens (tertiary/aromatic N) is 2. The maximum Gasteiger partial charge on any atom is 0.0645 e. The molecule has 170 valence electrons. The van der Waals surface area contributed by atoms with Crippen molar-refractivity contribution in [2.45, 2.75) is 0 Å². The first-order chi connectivity index (χ1) is 17.8. The summed E-state index contributed by atoms with van der Waals surface area (Å²) < 4.78 is 3.41. The summed E-state index contributed by atoms with van der Waals surface area (Å²) in [6, 6.07) is 41.3. The first-order valence-corrected chi connectivity index (χ1v) is 12.8. The molecular formula is C33H21BrN2. The van der Waals surface area contributed by atoms with Crippen LogP contribution in [0.1, 0.15) is 0 Å². The van der Waals surface area contributed by atoms with Crippen LogP contribution in [0, 0.1) is 0 Å². The maximum absolute atomic E-state index is 4.40. The summed E-state index contributed by atoms with van der Waals surface area (Å²) in [4.78, 5) is 4.40. The Morgan fingerprint density at radius 3 is 2.14 bits per heavy atom. The van der Waals surface area contributed by atoms with E-state index < -0.39 is 0 Å². The molecule has 0 aliphatic rings. The van der Waals surface area contributed by atoms with Crippen LogP contribution >= 0.6 is 15.9 Å². The van der Waals surface area contributed by atoms with Crippen LogP contribution in [-0.2, 0) is 0 Å². The number of hydrogen-bond acceptors (Lipinski definition) is 1. The Labute approximate surface area is 217 Å². The normalized spacial score (nSPS) is 11.5. The SMILES string of the molecule is Brc1ccc(-c2cccc(-c3ccc4c(c3)c3c5ccccc5ccc3n4-c3cccnc3)c2)cc1. The number of halogens is 1. The lowest BCUT2D eigenvalue weighted by atomic mass is 9.97. The van der Waals surface area contributed by atoms with Gasteiger partial charge in [0, 0.05) is 21.4 Å². The van der Waals surface area contributed by atoms with Crippen molar-refractivity contribution in [3.63, 3.8) is 0 Å². The quantitative estimate of drug-likeness (QED) is 0.225. The largest absolute Gasteiger partial charge is 0.308 e. The highest BCUT2D eigenvalue weighted by Gasteiger charge is 2.16. The molecule has 0 bridgehead atoms. The van der Waals surface area contributed by atoms with E-state index in [1.807, 2.05) is 18.5 Å². The van der Waals surface area contributed by atoms with Gasteiger partial charge in [-0.15, -0.1) is 0 Å². The highest BCUT2D eigenvalue weighted by Crippen LogP contribution is 2.39. The van der Waals surface area contributed by atoms with E-state index in [-0.39, 0.29) is 0 Å². The van der Waals surface area contributed by atoms with Crippen molar-refractivity contribution in [3.8, 4) is 27.9 Å². The van der Waals surface area contributed by atoms with Gasteiger partial charge in [-0.05, 0) is 81.6 Å². The van der Waals surface area contributed by atoms with Gasteiger partial charge in [0.2, 0.25) is 0 Å². The van der Waals surface area contributed by atoms with Gasteiger partial charge < -0.3 is 4.57 Å². The highest BCUT2D eigenvalue weighted by atomic mass is 79.9. The Balaban J connectivity index is 1.49. The van der Waals surface area contributed by atoms with Crippen molar-refractivity contribution in [1.82, 2.24) is 9.55 Å². The van der Waals surface area contributed by atoms with E-state index in [1.54, 1.807) is 0 Å². The first-order valence-electron chi connectivity index (χ1n) is 12.0. The third-order valence-corrected chi connectivity index (χ3v) is 7.46. The van der Waals surface area contributed by atoms with Crippen molar-refractivity contribution in [2.24, 2.45) is 0 Å². The Morgan fingerprint density at radius 1 is 0.556 bits per heavy atom. The summed E-state index contributed by atoms with van der Waals surface area (Å²) in [5.41, 5.74) is 8.28. The second kappa shape index (κ2) is 8.47. The minimum Gasteiger partial charge on any atom is -0.308 e. The molecule has 0 saturated heterocycles. The number of fused-ring (bicyclic) bond motifs is 5. The third kappa shape index (κ3) is 3.43.